The average Bonchev–Trinajstić information content (AvgIpc) is 3.21. The van der Waals surface area contributed by atoms with Crippen molar-refractivity contribution in [1.82, 2.24) is 29.9 Å². The summed E-state index contributed by atoms with van der Waals surface area (Å²) in [4.78, 5) is 19.7. The van der Waals surface area contributed by atoms with Gasteiger partial charge in [-0.1, -0.05) is 30.0 Å². The Morgan fingerprint density at radius 3 is 2.96 bits per heavy atom. The Morgan fingerprint density at radius 2 is 2.04 bits per heavy atom. The van der Waals surface area contributed by atoms with Gasteiger partial charge in [-0.05, 0) is 24.3 Å². The van der Waals surface area contributed by atoms with Gasteiger partial charge in [0.2, 0.25) is 5.91 Å². The molecule has 0 saturated carbocycles. The number of H-pyrrole nitrogens is 1. The Morgan fingerprint density at radius 1 is 1.17 bits per heavy atom. The summed E-state index contributed by atoms with van der Waals surface area (Å²) in [6, 6.07) is 13.5. The number of benzene rings is 1. The van der Waals surface area contributed by atoms with Crippen LogP contribution in [0.2, 0.25) is 0 Å². The highest BCUT2D eigenvalue weighted by Gasteiger charge is 2.09. The van der Waals surface area contributed by atoms with Crippen LogP contribution in [0.4, 0.5) is 0 Å². The van der Waals surface area contributed by atoms with E-state index in [2.05, 4.69) is 25.5 Å². The number of nitrogens with one attached hydrogen (secondary N) is 2. The van der Waals surface area contributed by atoms with Crippen LogP contribution in [0.1, 0.15) is 5.82 Å². The molecule has 7 nitrogen and oxygen atoms in total. The predicted molar refractivity (Wildman–Crippen MR) is 91.7 cm³/mol. The molecule has 0 unspecified atom stereocenters. The SMILES string of the molecule is O=C(CSc1nc2ccccc2[nH]1)NCc1nnc2ccccn12. The van der Waals surface area contributed by atoms with Gasteiger partial charge in [-0.15, -0.1) is 10.2 Å². The van der Waals surface area contributed by atoms with Crippen LogP contribution in [0.15, 0.2) is 53.8 Å². The Labute approximate surface area is 141 Å². The predicted octanol–water partition coefficient (Wildman–Crippen LogP) is 2.01. The van der Waals surface area contributed by atoms with Crippen LogP contribution in [-0.4, -0.2) is 36.2 Å². The van der Waals surface area contributed by atoms with Gasteiger partial charge in [0.1, 0.15) is 0 Å². The lowest BCUT2D eigenvalue weighted by Gasteiger charge is -2.03. The molecule has 0 saturated heterocycles. The topological polar surface area (TPSA) is 88.0 Å². The lowest BCUT2D eigenvalue weighted by Crippen LogP contribution is -2.25. The second-order valence-electron chi connectivity index (χ2n) is 5.17. The molecule has 0 fully saturated rings. The Bertz CT molecular complexity index is 975. The zero-order valence-corrected chi connectivity index (χ0v) is 13.5. The number of hydrogen-bond donors (Lipinski definition) is 2. The lowest BCUT2D eigenvalue weighted by atomic mass is 10.3. The first-order chi connectivity index (χ1) is 11.8. The van der Waals surface area contributed by atoms with Crippen LogP contribution in [0.3, 0.4) is 0 Å². The Kier molecular flexibility index (Phi) is 3.87. The van der Waals surface area contributed by atoms with Crippen LogP contribution >= 0.6 is 11.8 Å². The summed E-state index contributed by atoms with van der Waals surface area (Å²) >= 11 is 1.37. The zero-order chi connectivity index (χ0) is 16.4. The molecule has 3 heterocycles. The van der Waals surface area contributed by atoms with Gasteiger partial charge in [-0.3, -0.25) is 9.20 Å². The van der Waals surface area contributed by atoms with Gasteiger partial charge in [0.25, 0.3) is 0 Å². The van der Waals surface area contributed by atoms with Crippen molar-refractivity contribution in [3.63, 3.8) is 0 Å². The molecule has 2 N–H and O–H groups in total. The smallest absolute Gasteiger partial charge is 0.230 e. The van der Waals surface area contributed by atoms with Crippen LogP contribution < -0.4 is 5.32 Å². The van der Waals surface area contributed by atoms with E-state index in [0.29, 0.717) is 12.4 Å². The maximum atomic E-state index is 12.0. The molecular weight excluding hydrogens is 324 g/mol. The molecular formula is C16H14N6OS. The van der Waals surface area contributed by atoms with Crippen molar-refractivity contribution < 1.29 is 4.79 Å². The number of amides is 1. The number of para-hydroxylation sites is 2. The molecule has 24 heavy (non-hydrogen) atoms. The number of aromatic amines is 1. The van der Waals surface area contributed by atoms with Crippen molar-refractivity contribution in [1.29, 1.82) is 0 Å². The van der Waals surface area contributed by atoms with Gasteiger partial charge in [-0.25, -0.2) is 4.98 Å². The minimum absolute atomic E-state index is 0.0758. The third-order valence-electron chi connectivity index (χ3n) is 3.54. The minimum atomic E-state index is -0.0758. The third-order valence-corrected chi connectivity index (χ3v) is 4.41. The highest BCUT2D eigenvalue weighted by Crippen LogP contribution is 2.18. The molecule has 8 heteroatoms. The molecule has 0 aliphatic carbocycles. The summed E-state index contributed by atoms with van der Waals surface area (Å²) in [5, 5.41) is 11.7. The van der Waals surface area contributed by atoms with Crippen molar-refractivity contribution in [3.05, 3.63) is 54.5 Å². The van der Waals surface area contributed by atoms with Crippen molar-refractivity contribution in [2.24, 2.45) is 0 Å². The van der Waals surface area contributed by atoms with Gasteiger partial charge >= 0.3 is 0 Å². The second-order valence-corrected chi connectivity index (χ2v) is 6.13. The number of aromatic nitrogens is 5. The van der Waals surface area contributed by atoms with E-state index in [0.717, 1.165) is 21.8 Å². The maximum absolute atomic E-state index is 12.0. The second kappa shape index (κ2) is 6.32. The number of carbonyl (C=O) groups is 1. The number of imidazole rings is 1. The van der Waals surface area contributed by atoms with E-state index >= 15 is 0 Å². The standard InChI is InChI=1S/C16H14N6OS/c23-15(10-24-16-18-11-5-1-2-6-12(11)19-16)17-9-14-21-20-13-7-3-4-8-22(13)14/h1-8H,9-10H2,(H,17,23)(H,18,19). The number of pyridine rings is 1. The van der Waals surface area contributed by atoms with E-state index < -0.39 is 0 Å². The highest BCUT2D eigenvalue weighted by molar-refractivity contribution is 7.99. The largest absolute Gasteiger partial charge is 0.348 e. The number of fused-ring (bicyclic) bond motifs is 2. The van der Waals surface area contributed by atoms with Crippen LogP contribution in [0.25, 0.3) is 16.7 Å². The van der Waals surface area contributed by atoms with Gasteiger partial charge in [-0.2, -0.15) is 0 Å². The summed E-state index contributed by atoms with van der Waals surface area (Å²) in [6.45, 7) is 0.338. The van der Waals surface area contributed by atoms with Crippen molar-refractivity contribution in [3.8, 4) is 0 Å². The number of rotatable bonds is 5. The lowest BCUT2D eigenvalue weighted by molar-refractivity contribution is -0.118. The summed E-state index contributed by atoms with van der Waals surface area (Å²) in [6.07, 6.45) is 1.87. The summed E-state index contributed by atoms with van der Waals surface area (Å²) in [5.74, 6) is 0.914. The zero-order valence-electron chi connectivity index (χ0n) is 12.6. The third kappa shape index (κ3) is 2.95. The monoisotopic (exact) mass is 338 g/mol. The van der Waals surface area contributed by atoms with Crippen molar-refractivity contribution >= 4 is 34.3 Å². The van der Waals surface area contributed by atoms with Crippen molar-refractivity contribution in [2.75, 3.05) is 5.75 Å². The molecule has 1 amide bonds. The molecule has 3 aromatic heterocycles. The van der Waals surface area contributed by atoms with Gasteiger partial charge in [0.05, 0.1) is 23.3 Å². The van der Waals surface area contributed by atoms with Crippen LogP contribution in [-0.2, 0) is 11.3 Å². The van der Waals surface area contributed by atoms with E-state index in [4.69, 9.17) is 0 Å². The van der Waals surface area contributed by atoms with Gasteiger partial charge in [0, 0.05) is 6.20 Å². The number of nitrogens with zero attached hydrogens (tertiary/aromatic N) is 4. The van der Waals surface area contributed by atoms with Crippen molar-refractivity contribution in [2.45, 2.75) is 11.7 Å². The first kappa shape index (κ1) is 14.7. The molecule has 0 atom stereocenters. The van der Waals surface area contributed by atoms with E-state index in [1.54, 1.807) is 0 Å². The number of carbonyl (C=O) groups excluding carboxylic acids is 1. The molecule has 0 spiro atoms. The van der Waals surface area contributed by atoms with Gasteiger partial charge < -0.3 is 10.3 Å². The van der Waals surface area contributed by atoms with E-state index in [-0.39, 0.29) is 11.7 Å². The van der Waals surface area contributed by atoms with E-state index in [1.807, 2.05) is 53.1 Å². The number of thioether (sulfide) groups is 1. The Hall–Kier alpha value is -2.87. The van der Waals surface area contributed by atoms with Crippen LogP contribution in [0, 0.1) is 0 Å². The number of hydrogen-bond acceptors (Lipinski definition) is 5. The van der Waals surface area contributed by atoms with Gasteiger partial charge in [0.15, 0.2) is 16.6 Å². The molecule has 1 aromatic carbocycles. The molecule has 4 aromatic rings. The quantitative estimate of drug-likeness (QED) is 0.544. The normalized spacial score (nSPS) is 11.2. The molecule has 120 valence electrons. The fourth-order valence-corrected chi connectivity index (χ4v) is 3.09. The molecule has 0 aliphatic heterocycles. The Balaban J connectivity index is 1.35. The van der Waals surface area contributed by atoms with E-state index in [1.165, 1.54) is 11.8 Å². The summed E-state index contributed by atoms with van der Waals surface area (Å²) in [5.41, 5.74) is 2.63. The minimum Gasteiger partial charge on any atom is -0.348 e. The molecule has 0 bridgehead atoms. The fraction of sp³-hybridized carbons (Fsp3) is 0.125. The maximum Gasteiger partial charge on any atom is 0.230 e. The summed E-state index contributed by atoms with van der Waals surface area (Å²) in [7, 11) is 0. The highest BCUT2D eigenvalue weighted by atomic mass is 32.2. The van der Waals surface area contributed by atoms with Crippen LogP contribution in [0.5, 0.6) is 0 Å². The average molecular weight is 338 g/mol. The molecule has 4 rings (SSSR count). The first-order valence-corrected chi connectivity index (χ1v) is 8.41. The molecule has 0 radical (unpaired) electrons. The molecule has 0 aliphatic rings. The first-order valence-electron chi connectivity index (χ1n) is 7.42. The fourth-order valence-electron chi connectivity index (χ4n) is 2.37. The van der Waals surface area contributed by atoms with E-state index in [9.17, 15) is 4.79 Å². The summed E-state index contributed by atoms with van der Waals surface area (Å²) < 4.78 is 1.85.